The molecule has 0 heterocycles. The molecule has 0 amide bonds. The van der Waals surface area contributed by atoms with Gasteiger partial charge in [-0.05, 0) is 29.8 Å². The smallest absolute Gasteiger partial charge is 0.369 e. The van der Waals surface area contributed by atoms with Crippen LogP contribution in [0.3, 0.4) is 0 Å². The van der Waals surface area contributed by atoms with E-state index in [1.165, 1.54) is 18.3 Å². The van der Waals surface area contributed by atoms with Crippen LogP contribution in [0.2, 0.25) is 10.0 Å². The second-order valence-electron chi connectivity index (χ2n) is 5.35. The summed E-state index contributed by atoms with van der Waals surface area (Å²) in [6, 6.07) is 7.95. The number of aliphatic imine (C=N–C) groups is 2. The van der Waals surface area contributed by atoms with Gasteiger partial charge in [-0.1, -0.05) is 35.3 Å². The van der Waals surface area contributed by atoms with Crippen molar-refractivity contribution in [1.29, 1.82) is 0 Å². The van der Waals surface area contributed by atoms with Crippen LogP contribution in [0.25, 0.3) is 0 Å². The topological polar surface area (TPSA) is 28.0 Å². The predicted octanol–water partition coefficient (Wildman–Crippen LogP) is 5.98. The van der Waals surface area contributed by atoms with Gasteiger partial charge < -0.3 is 4.90 Å². The monoisotopic (exact) mass is 387 g/mol. The molecule has 0 spiro atoms. The molecule has 0 bridgehead atoms. The van der Waals surface area contributed by atoms with E-state index in [1.807, 2.05) is 0 Å². The molecule has 3 nitrogen and oxygen atoms in total. The fourth-order valence-electron chi connectivity index (χ4n) is 1.87. The van der Waals surface area contributed by atoms with Gasteiger partial charge in [0, 0.05) is 20.3 Å². The van der Waals surface area contributed by atoms with Gasteiger partial charge in [-0.25, -0.2) is 4.99 Å². The normalized spacial score (nSPS) is 12.3. The number of rotatable bonds is 4. The molecule has 0 saturated carbocycles. The van der Waals surface area contributed by atoms with Crippen LogP contribution in [0.5, 0.6) is 0 Å². The molecule has 0 unspecified atom stereocenters. The van der Waals surface area contributed by atoms with Crippen LogP contribution in [0, 0.1) is 0 Å². The number of hydrogen-bond donors (Lipinski definition) is 0. The molecule has 25 heavy (non-hydrogen) atoms. The largest absolute Gasteiger partial charge is 0.416 e. The summed E-state index contributed by atoms with van der Waals surface area (Å²) >= 11 is 12.3. The lowest BCUT2D eigenvalue weighted by atomic mass is 10.1. The summed E-state index contributed by atoms with van der Waals surface area (Å²) in [5.41, 5.74) is 0.393. The van der Waals surface area contributed by atoms with Crippen molar-refractivity contribution in [2.45, 2.75) is 6.18 Å². The van der Waals surface area contributed by atoms with Gasteiger partial charge in [0.05, 0.1) is 27.6 Å². The lowest BCUT2D eigenvalue weighted by Gasteiger charge is -2.07. The number of benzene rings is 2. The summed E-state index contributed by atoms with van der Waals surface area (Å²) in [4.78, 5) is 10.0. The third-order valence-electron chi connectivity index (χ3n) is 3.00. The number of halogens is 5. The Hall–Kier alpha value is -2.05. The van der Waals surface area contributed by atoms with E-state index in [9.17, 15) is 13.2 Å². The first-order chi connectivity index (χ1) is 11.7. The molecule has 0 radical (unpaired) electrons. The van der Waals surface area contributed by atoms with Gasteiger partial charge in [0.2, 0.25) is 0 Å². The average molecular weight is 388 g/mol. The summed E-state index contributed by atoms with van der Waals surface area (Å²) in [6.07, 6.45) is -1.53. The predicted molar refractivity (Wildman–Crippen MR) is 97.0 cm³/mol. The van der Waals surface area contributed by atoms with Crippen molar-refractivity contribution in [3.8, 4) is 0 Å². The van der Waals surface area contributed by atoms with Crippen LogP contribution in [0.4, 0.5) is 24.5 Å². The maximum atomic E-state index is 12.7. The molecular weight excluding hydrogens is 374 g/mol. The fourth-order valence-corrected chi connectivity index (χ4v) is 2.44. The number of hydrogen-bond acceptors (Lipinski definition) is 2. The Morgan fingerprint density at radius 1 is 1.00 bits per heavy atom. The first kappa shape index (κ1) is 19.3. The highest BCUT2D eigenvalue weighted by Gasteiger charge is 2.30. The summed E-state index contributed by atoms with van der Waals surface area (Å²) in [6.45, 7) is 0. The van der Waals surface area contributed by atoms with E-state index in [2.05, 4.69) is 9.98 Å². The molecule has 0 aliphatic rings. The molecule has 2 aromatic carbocycles. The molecule has 132 valence electrons. The van der Waals surface area contributed by atoms with E-state index in [4.69, 9.17) is 23.2 Å². The second kappa shape index (κ2) is 7.89. The minimum Gasteiger partial charge on any atom is -0.369 e. The van der Waals surface area contributed by atoms with Crippen LogP contribution >= 0.6 is 23.2 Å². The van der Waals surface area contributed by atoms with Crippen LogP contribution < -0.4 is 0 Å². The molecule has 2 aromatic rings. The second-order valence-corrected chi connectivity index (χ2v) is 6.16. The molecule has 8 heteroatoms. The number of alkyl halides is 3. The molecule has 0 atom stereocenters. The highest BCUT2D eigenvalue weighted by atomic mass is 35.5. The SMILES string of the molecule is CN(C)C=Nc1c(Cl)cc(N=Cc2cccc(C(F)(F)F)c2)cc1Cl. The van der Waals surface area contributed by atoms with Crippen LogP contribution in [0.1, 0.15) is 11.1 Å². The Morgan fingerprint density at radius 2 is 1.64 bits per heavy atom. The van der Waals surface area contributed by atoms with Gasteiger partial charge in [0.1, 0.15) is 5.69 Å². The molecular formula is C17H14Cl2F3N3. The summed E-state index contributed by atoms with van der Waals surface area (Å²) in [5, 5.41) is 0.587. The maximum Gasteiger partial charge on any atom is 0.416 e. The van der Waals surface area contributed by atoms with E-state index in [-0.39, 0.29) is 0 Å². The molecule has 0 aliphatic heterocycles. The zero-order valence-electron chi connectivity index (χ0n) is 13.4. The molecule has 0 N–H and O–H groups in total. The van der Waals surface area contributed by atoms with Crippen LogP contribution in [-0.4, -0.2) is 31.5 Å². The Labute approximate surface area is 153 Å². The van der Waals surface area contributed by atoms with Gasteiger partial charge in [-0.3, -0.25) is 4.99 Å². The average Bonchev–Trinajstić information content (AvgIpc) is 2.51. The van der Waals surface area contributed by atoms with E-state index in [0.29, 0.717) is 27.0 Å². The highest BCUT2D eigenvalue weighted by Crippen LogP contribution is 2.37. The van der Waals surface area contributed by atoms with Crippen molar-refractivity contribution in [2.75, 3.05) is 14.1 Å². The van der Waals surface area contributed by atoms with Gasteiger partial charge >= 0.3 is 6.18 Å². The molecule has 2 rings (SSSR count). The minimum atomic E-state index is -4.40. The van der Waals surface area contributed by atoms with Crippen molar-refractivity contribution < 1.29 is 13.2 Å². The first-order valence-electron chi connectivity index (χ1n) is 7.08. The quantitative estimate of drug-likeness (QED) is 0.468. The Bertz CT molecular complexity index is 792. The van der Waals surface area contributed by atoms with Crippen molar-refractivity contribution in [2.24, 2.45) is 9.98 Å². The Balaban J connectivity index is 2.28. The van der Waals surface area contributed by atoms with Gasteiger partial charge in [-0.15, -0.1) is 0 Å². The van der Waals surface area contributed by atoms with Crippen molar-refractivity contribution in [3.05, 3.63) is 57.6 Å². The third-order valence-corrected chi connectivity index (χ3v) is 3.57. The molecule has 0 aromatic heterocycles. The van der Waals surface area contributed by atoms with Gasteiger partial charge in [0.15, 0.2) is 0 Å². The van der Waals surface area contributed by atoms with Crippen molar-refractivity contribution >= 4 is 47.1 Å². The van der Waals surface area contributed by atoms with Gasteiger partial charge in [0.25, 0.3) is 0 Å². The lowest BCUT2D eigenvalue weighted by Crippen LogP contribution is -2.07. The van der Waals surface area contributed by atoms with E-state index < -0.39 is 11.7 Å². The minimum absolute atomic E-state index is 0.293. The van der Waals surface area contributed by atoms with E-state index in [0.717, 1.165) is 12.1 Å². The summed E-state index contributed by atoms with van der Waals surface area (Å²) < 4.78 is 38.1. The van der Waals surface area contributed by atoms with E-state index in [1.54, 1.807) is 37.5 Å². The van der Waals surface area contributed by atoms with E-state index >= 15 is 0 Å². The summed E-state index contributed by atoms with van der Waals surface area (Å²) in [7, 11) is 3.61. The Kier molecular flexibility index (Phi) is 6.08. The first-order valence-corrected chi connectivity index (χ1v) is 7.83. The van der Waals surface area contributed by atoms with Crippen LogP contribution in [-0.2, 0) is 6.18 Å². The fraction of sp³-hybridized carbons (Fsp3) is 0.176. The molecule has 0 saturated heterocycles. The highest BCUT2D eigenvalue weighted by molar-refractivity contribution is 6.39. The van der Waals surface area contributed by atoms with Crippen molar-refractivity contribution in [1.82, 2.24) is 4.90 Å². The molecule has 0 aliphatic carbocycles. The Morgan fingerprint density at radius 3 is 2.20 bits per heavy atom. The van der Waals surface area contributed by atoms with Gasteiger partial charge in [-0.2, -0.15) is 13.2 Å². The van der Waals surface area contributed by atoms with Crippen LogP contribution in [0.15, 0.2) is 46.4 Å². The maximum absolute atomic E-state index is 12.7. The zero-order valence-corrected chi connectivity index (χ0v) is 14.9. The summed E-state index contributed by atoms with van der Waals surface area (Å²) in [5.74, 6) is 0. The standard InChI is InChI=1S/C17H14Cl2F3N3/c1-25(2)10-24-16-14(18)7-13(8-15(16)19)23-9-11-4-3-5-12(6-11)17(20,21)22/h3-10H,1-2H3. The number of nitrogens with zero attached hydrogens (tertiary/aromatic N) is 3. The molecule has 0 fully saturated rings. The zero-order chi connectivity index (χ0) is 18.6. The van der Waals surface area contributed by atoms with Crippen molar-refractivity contribution in [3.63, 3.8) is 0 Å². The lowest BCUT2D eigenvalue weighted by molar-refractivity contribution is -0.137. The third kappa shape index (κ3) is 5.47.